The number of nitrogens with one attached hydrogen (secondary N) is 2. The number of rotatable bonds is 4. The largest absolute Gasteiger partial charge is 0.348 e. The Kier molecular flexibility index (Phi) is 4.43. The van der Waals surface area contributed by atoms with Gasteiger partial charge in [-0.05, 0) is 38.1 Å². The van der Waals surface area contributed by atoms with Gasteiger partial charge in [-0.1, -0.05) is 12.1 Å². The third kappa shape index (κ3) is 3.31. The molecule has 1 atom stereocenters. The van der Waals surface area contributed by atoms with Gasteiger partial charge in [-0.2, -0.15) is 0 Å². The van der Waals surface area contributed by atoms with E-state index in [1.54, 1.807) is 20.0 Å². The Bertz CT molecular complexity index is 379. The molecule has 1 rings (SSSR count). The molecule has 1 unspecified atom stereocenters. The molecule has 0 saturated carbocycles. The Morgan fingerprint density at radius 2 is 2.19 bits per heavy atom. The van der Waals surface area contributed by atoms with Crippen molar-refractivity contribution in [1.29, 1.82) is 0 Å². The number of hydrogen-bond donors (Lipinski definition) is 2. The molecule has 0 aromatic heterocycles. The summed E-state index contributed by atoms with van der Waals surface area (Å²) in [5.41, 5.74) is 1.38. The first-order valence-corrected chi connectivity index (χ1v) is 5.24. The molecule has 0 heterocycles. The van der Waals surface area contributed by atoms with Crippen LogP contribution < -0.4 is 10.6 Å². The number of carbonyl (C=O) groups excluding carboxylic acids is 1. The Morgan fingerprint density at radius 1 is 1.50 bits per heavy atom. The van der Waals surface area contributed by atoms with Gasteiger partial charge in [0.25, 0.3) is 0 Å². The molecule has 16 heavy (non-hydrogen) atoms. The minimum atomic E-state index is -0.243. The van der Waals surface area contributed by atoms with Crippen LogP contribution in [0.15, 0.2) is 18.2 Å². The highest BCUT2D eigenvalue weighted by atomic mass is 19.1. The fraction of sp³-hybridized carbons (Fsp3) is 0.417. The molecule has 0 aliphatic carbocycles. The average Bonchev–Trinajstić information content (AvgIpc) is 2.22. The zero-order valence-corrected chi connectivity index (χ0v) is 9.80. The van der Waals surface area contributed by atoms with Gasteiger partial charge in [0.15, 0.2) is 0 Å². The molecule has 0 saturated heterocycles. The van der Waals surface area contributed by atoms with Crippen molar-refractivity contribution in [3.8, 4) is 0 Å². The highest BCUT2D eigenvalue weighted by Crippen LogP contribution is 2.15. The maximum atomic E-state index is 13.3. The number of amides is 1. The van der Waals surface area contributed by atoms with Crippen molar-refractivity contribution in [3.05, 3.63) is 35.1 Å². The van der Waals surface area contributed by atoms with Gasteiger partial charge in [0.2, 0.25) is 5.91 Å². The lowest BCUT2D eigenvalue weighted by molar-refractivity contribution is -0.120. The quantitative estimate of drug-likeness (QED) is 0.814. The molecule has 1 amide bonds. The summed E-state index contributed by atoms with van der Waals surface area (Å²) in [7, 11) is 1.70. The van der Waals surface area contributed by atoms with Gasteiger partial charge < -0.3 is 10.6 Å². The van der Waals surface area contributed by atoms with Gasteiger partial charge in [-0.25, -0.2) is 4.39 Å². The molecule has 0 radical (unpaired) electrons. The van der Waals surface area contributed by atoms with Crippen molar-refractivity contribution < 1.29 is 9.18 Å². The van der Waals surface area contributed by atoms with Gasteiger partial charge >= 0.3 is 0 Å². The van der Waals surface area contributed by atoms with Crippen LogP contribution in [0.4, 0.5) is 4.39 Å². The van der Waals surface area contributed by atoms with Gasteiger partial charge in [0.1, 0.15) is 5.82 Å². The zero-order valence-electron chi connectivity index (χ0n) is 9.80. The fourth-order valence-electron chi connectivity index (χ4n) is 1.41. The first-order chi connectivity index (χ1) is 7.54. The topological polar surface area (TPSA) is 41.1 Å². The molecule has 4 heteroatoms. The summed E-state index contributed by atoms with van der Waals surface area (Å²) in [6, 6.07) is 4.81. The van der Waals surface area contributed by atoms with E-state index < -0.39 is 0 Å². The van der Waals surface area contributed by atoms with Crippen LogP contribution in [-0.2, 0) is 4.79 Å². The lowest BCUT2D eigenvalue weighted by Crippen LogP contribution is -2.33. The second kappa shape index (κ2) is 5.61. The first-order valence-electron chi connectivity index (χ1n) is 5.24. The van der Waals surface area contributed by atoms with E-state index in [0.717, 1.165) is 5.56 Å². The van der Waals surface area contributed by atoms with Crippen molar-refractivity contribution in [3.63, 3.8) is 0 Å². The van der Waals surface area contributed by atoms with Crippen molar-refractivity contribution in [1.82, 2.24) is 10.6 Å². The normalized spacial score (nSPS) is 12.2. The second-order valence-electron chi connectivity index (χ2n) is 3.83. The van der Waals surface area contributed by atoms with Crippen LogP contribution in [0.1, 0.15) is 24.1 Å². The summed E-state index contributed by atoms with van der Waals surface area (Å²) in [6.45, 7) is 3.81. The Labute approximate surface area is 95.0 Å². The second-order valence-corrected chi connectivity index (χ2v) is 3.83. The number of carbonyl (C=O) groups is 1. The molecule has 0 fully saturated rings. The molecule has 1 aromatic carbocycles. The summed E-state index contributed by atoms with van der Waals surface area (Å²) >= 11 is 0. The number of aryl methyl sites for hydroxylation is 1. The highest BCUT2D eigenvalue weighted by Gasteiger charge is 2.10. The first kappa shape index (κ1) is 12.6. The Hall–Kier alpha value is -1.42. The van der Waals surface area contributed by atoms with E-state index in [1.165, 1.54) is 6.07 Å². The summed E-state index contributed by atoms with van der Waals surface area (Å²) in [4.78, 5) is 11.3. The van der Waals surface area contributed by atoms with E-state index in [0.29, 0.717) is 5.56 Å². The monoisotopic (exact) mass is 224 g/mol. The minimum Gasteiger partial charge on any atom is -0.348 e. The predicted octanol–water partition coefficient (Wildman–Crippen LogP) is 1.53. The third-order valence-corrected chi connectivity index (χ3v) is 2.41. The SMILES string of the molecule is CNCC(=O)NC(C)c1ccc(C)c(F)c1. The molecule has 1 aromatic rings. The van der Waals surface area contributed by atoms with Crippen molar-refractivity contribution in [2.75, 3.05) is 13.6 Å². The standard InChI is InChI=1S/C12H17FN2O/c1-8-4-5-10(6-11(8)13)9(2)15-12(16)7-14-3/h4-6,9,14H,7H2,1-3H3,(H,15,16). The van der Waals surface area contributed by atoms with Gasteiger partial charge in [-0.15, -0.1) is 0 Å². The average molecular weight is 224 g/mol. The van der Waals surface area contributed by atoms with E-state index in [1.807, 2.05) is 13.0 Å². The van der Waals surface area contributed by atoms with Crippen molar-refractivity contribution >= 4 is 5.91 Å². The summed E-state index contributed by atoms with van der Waals surface area (Å²) in [5.74, 6) is -0.344. The van der Waals surface area contributed by atoms with Crippen LogP contribution in [0, 0.1) is 12.7 Å². The molecule has 3 nitrogen and oxygen atoms in total. The molecular formula is C12H17FN2O. The zero-order chi connectivity index (χ0) is 12.1. The number of halogens is 1. The van der Waals surface area contributed by atoms with E-state index >= 15 is 0 Å². The number of likely N-dealkylation sites (N-methyl/N-ethyl adjacent to an activating group) is 1. The summed E-state index contributed by atoms with van der Waals surface area (Å²) in [6.07, 6.45) is 0. The van der Waals surface area contributed by atoms with Crippen LogP contribution in [0.25, 0.3) is 0 Å². The molecule has 0 aliphatic heterocycles. The maximum Gasteiger partial charge on any atom is 0.234 e. The third-order valence-electron chi connectivity index (χ3n) is 2.41. The molecule has 0 aliphatic rings. The van der Waals surface area contributed by atoms with Gasteiger partial charge in [-0.3, -0.25) is 4.79 Å². The van der Waals surface area contributed by atoms with E-state index in [2.05, 4.69) is 10.6 Å². The van der Waals surface area contributed by atoms with Crippen LogP contribution in [0.5, 0.6) is 0 Å². The van der Waals surface area contributed by atoms with Gasteiger partial charge in [0, 0.05) is 0 Å². The number of benzene rings is 1. The van der Waals surface area contributed by atoms with E-state index in [-0.39, 0.29) is 24.3 Å². The number of hydrogen-bond acceptors (Lipinski definition) is 2. The fourth-order valence-corrected chi connectivity index (χ4v) is 1.41. The van der Waals surface area contributed by atoms with Crippen LogP contribution in [0.3, 0.4) is 0 Å². The van der Waals surface area contributed by atoms with Crippen LogP contribution in [-0.4, -0.2) is 19.5 Å². The van der Waals surface area contributed by atoms with Crippen LogP contribution >= 0.6 is 0 Å². The molecule has 0 spiro atoms. The Balaban J connectivity index is 2.69. The smallest absolute Gasteiger partial charge is 0.234 e. The Morgan fingerprint density at radius 3 is 2.75 bits per heavy atom. The lowest BCUT2D eigenvalue weighted by Gasteiger charge is -2.14. The lowest BCUT2D eigenvalue weighted by atomic mass is 10.1. The highest BCUT2D eigenvalue weighted by molar-refractivity contribution is 5.78. The molecule has 0 bridgehead atoms. The summed E-state index contributed by atoms with van der Waals surface area (Å²) < 4.78 is 13.3. The molecular weight excluding hydrogens is 207 g/mol. The van der Waals surface area contributed by atoms with Gasteiger partial charge in [0.05, 0.1) is 12.6 Å². The predicted molar refractivity (Wildman–Crippen MR) is 61.6 cm³/mol. The minimum absolute atomic E-state index is 0.101. The molecule has 2 N–H and O–H groups in total. The maximum absolute atomic E-state index is 13.3. The van der Waals surface area contributed by atoms with E-state index in [4.69, 9.17) is 0 Å². The van der Waals surface area contributed by atoms with Crippen LogP contribution in [0.2, 0.25) is 0 Å². The van der Waals surface area contributed by atoms with Crippen molar-refractivity contribution in [2.45, 2.75) is 19.9 Å². The summed E-state index contributed by atoms with van der Waals surface area (Å²) in [5, 5.41) is 5.53. The van der Waals surface area contributed by atoms with Crippen molar-refractivity contribution in [2.24, 2.45) is 0 Å². The van der Waals surface area contributed by atoms with E-state index in [9.17, 15) is 9.18 Å². The molecule has 88 valence electrons.